The molecule has 0 atom stereocenters. The van der Waals surface area contributed by atoms with Crippen LogP contribution in [0.25, 0.3) is 0 Å². The number of benzene rings is 1. The lowest BCUT2D eigenvalue weighted by Gasteiger charge is -2.14. The van der Waals surface area contributed by atoms with Crippen molar-refractivity contribution in [3.8, 4) is 0 Å². The first-order valence-corrected chi connectivity index (χ1v) is 8.47. The third-order valence-corrected chi connectivity index (χ3v) is 4.31. The number of ketones is 1. The van der Waals surface area contributed by atoms with Gasteiger partial charge in [0.1, 0.15) is 12.4 Å². The van der Waals surface area contributed by atoms with Crippen LogP contribution in [0.4, 0.5) is 8.78 Å². The van der Waals surface area contributed by atoms with Gasteiger partial charge in [0.2, 0.25) is 0 Å². The summed E-state index contributed by atoms with van der Waals surface area (Å²) >= 11 is 1.97. The smallest absolute Gasteiger partial charge is 0.286 e. The molecule has 1 N–H and O–H groups in total. The predicted octanol–water partition coefficient (Wildman–Crippen LogP) is 2.05. The van der Waals surface area contributed by atoms with E-state index in [-0.39, 0.29) is 43.1 Å². The zero-order valence-corrected chi connectivity index (χ0v) is 15.5. The minimum atomic E-state index is -1.07. The number of hydrogen-bond donors (Lipinski definition) is 1. The van der Waals surface area contributed by atoms with Crippen LogP contribution in [0, 0.1) is 15.2 Å². The zero-order valence-electron chi connectivity index (χ0n) is 13.4. The lowest BCUT2D eigenvalue weighted by atomic mass is 10.0. The average Bonchev–Trinajstić information content (AvgIpc) is 2.57. The van der Waals surface area contributed by atoms with Gasteiger partial charge in [0.15, 0.2) is 11.6 Å². The third kappa shape index (κ3) is 4.71. The van der Waals surface area contributed by atoms with E-state index in [0.717, 1.165) is 10.6 Å². The maximum absolute atomic E-state index is 14.1. The monoisotopic (exact) mass is 463 g/mol. The van der Waals surface area contributed by atoms with E-state index in [4.69, 9.17) is 9.84 Å². The van der Waals surface area contributed by atoms with Gasteiger partial charge in [-0.15, -0.1) is 0 Å². The summed E-state index contributed by atoms with van der Waals surface area (Å²) in [7, 11) is 1.33. The first-order chi connectivity index (χ1) is 11.8. The van der Waals surface area contributed by atoms with E-state index in [1.54, 1.807) is 12.1 Å². The number of nitrogens with zero attached hydrogens (tertiary/aromatic N) is 1. The Hall–Kier alpha value is -1.65. The van der Waals surface area contributed by atoms with E-state index in [0.29, 0.717) is 3.57 Å². The van der Waals surface area contributed by atoms with E-state index >= 15 is 0 Å². The second kappa shape index (κ2) is 8.63. The first kappa shape index (κ1) is 19.7. The van der Waals surface area contributed by atoms with Crippen molar-refractivity contribution in [3.05, 3.63) is 66.6 Å². The fourth-order valence-corrected chi connectivity index (χ4v) is 2.80. The number of rotatable bonds is 7. The van der Waals surface area contributed by atoms with Gasteiger partial charge < -0.3 is 14.4 Å². The van der Waals surface area contributed by atoms with Crippen LogP contribution >= 0.6 is 22.6 Å². The van der Waals surface area contributed by atoms with Gasteiger partial charge >= 0.3 is 0 Å². The minimum absolute atomic E-state index is 0.0406. The Morgan fingerprint density at radius 3 is 2.64 bits per heavy atom. The molecule has 1 heterocycles. The summed E-state index contributed by atoms with van der Waals surface area (Å²) in [6, 6.07) is 5.45. The molecule has 2 aromatic rings. The highest BCUT2D eigenvalue weighted by molar-refractivity contribution is 14.1. The first-order valence-electron chi connectivity index (χ1n) is 7.39. The topological polar surface area (TPSA) is 68.5 Å². The molecule has 8 heteroatoms. The Morgan fingerprint density at radius 2 is 2.00 bits per heavy atom. The molecule has 1 aromatic carbocycles. The van der Waals surface area contributed by atoms with Crippen LogP contribution in [-0.4, -0.2) is 35.3 Å². The van der Waals surface area contributed by atoms with E-state index < -0.39 is 23.0 Å². The fraction of sp³-hybridized carbons (Fsp3) is 0.294. The second-order valence-corrected chi connectivity index (χ2v) is 6.57. The van der Waals surface area contributed by atoms with Crippen LogP contribution in [0.3, 0.4) is 0 Å². The van der Waals surface area contributed by atoms with Crippen molar-refractivity contribution in [3.63, 3.8) is 0 Å². The summed E-state index contributed by atoms with van der Waals surface area (Å²) in [5, 5.41) is 8.69. The molecule has 0 aliphatic carbocycles. The van der Waals surface area contributed by atoms with Gasteiger partial charge in [-0.1, -0.05) is 6.07 Å². The molecule has 2 rings (SSSR count). The van der Waals surface area contributed by atoms with Crippen LogP contribution < -0.4 is 5.56 Å². The van der Waals surface area contributed by atoms with Crippen molar-refractivity contribution in [1.29, 1.82) is 0 Å². The van der Waals surface area contributed by atoms with Gasteiger partial charge in [0, 0.05) is 28.3 Å². The molecule has 0 radical (unpaired) electrons. The number of carbonyl (C=O) groups is 1. The molecule has 1 aromatic heterocycles. The highest BCUT2D eigenvalue weighted by Gasteiger charge is 2.19. The summed E-state index contributed by atoms with van der Waals surface area (Å²) < 4.78 is 34.6. The molecule has 0 spiro atoms. The van der Waals surface area contributed by atoms with Crippen molar-refractivity contribution in [2.24, 2.45) is 7.05 Å². The standard InChI is InChI=1S/C17H16F2INO4/c1-21-15(6-10-2-3-11(20)7-13(10)18)12(8-14(19)17(21)24)16(23)9-25-5-4-22/h2-3,7-8,22H,4-6,9H2,1H3. The Morgan fingerprint density at radius 1 is 1.28 bits per heavy atom. The number of hydrogen-bond acceptors (Lipinski definition) is 4. The average molecular weight is 463 g/mol. The summed E-state index contributed by atoms with van der Waals surface area (Å²) in [6.45, 7) is -0.670. The van der Waals surface area contributed by atoms with E-state index in [1.807, 2.05) is 22.6 Å². The summed E-state index contributed by atoms with van der Waals surface area (Å²) in [5.74, 6) is -2.10. The van der Waals surface area contributed by atoms with Crippen molar-refractivity contribution in [2.45, 2.75) is 6.42 Å². The Labute approximate surface area is 156 Å². The molecule has 5 nitrogen and oxygen atoms in total. The van der Waals surface area contributed by atoms with E-state index in [1.165, 1.54) is 13.1 Å². The summed E-state index contributed by atoms with van der Waals surface area (Å²) in [5.41, 5.74) is -0.458. The highest BCUT2D eigenvalue weighted by atomic mass is 127. The molecule has 0 saturated heterocycles. The normalized spacial score (nSPS) is 10.9. The summed E-state index contributed by atoms with van der Waals surface area (Å²) in [6.07, 6.45) is -0.0458. The molecule has 0 fully saturated rings. The molecule has 25 heavy (non-hydrogen) atoms. The molecule has 0 unspecified atom stereocenters. The van der Waals surface area contributed by atoms with Gasteiger partial charge in [-0.3, -0.25) is 9.59 Å². The maximum atomic E-state index is 14.1. The Balaban J connectivity index is 2.45. The number of Topliss-reactive ketones (excluding diaryl/α,β-unsaturated/α-hetero) is 1. The molecule has 0 aliphatic rings. The lowest BCUT2D eigenvalue weighted by Crippen LogP contribution is -2.28. The molecule has 134 valence electrons. The van der Waals surface area contributed by atoms with E-state index in [9.17, 15) is 18.4 Å². The second-order valence-electron chi connectivity index (χ2n) is 5.33. The van der Waals surface area contributed by atoms with Crippen molar-refractivity contribution < 1.29 is 23.4 Å². The zero-order chi connectivity index (χ0) is 18.6. The van der Waals surface area contributed by atoms with Crippen molar-refractivity contribution >= 4 is 28.4 Å². The molecule has 0 bridgehead atoms. The van der Waals surface area contributed by atoms with E-state index in [2.05, 4.69) is 0 Å². The SMILES string of the molecule is Cn1c(Cc2ccc(I)cc2F)c(C(=O)COCCO)cc(F)c1=O. The number of ether oxygens (including phenoxy) is 1. The van der Waals surface area contributed by atoms with Crippen LogP contribution in [0.15, 0.2) is 29.1 Å². The molecule has 0 saturated carbocycles. The van der Waals surface area contributed by atoms with Crippen LogP contribution in [0.5, 0.6) is 0 Å². The number of pyridine rings is 1. The van der Waals surface area contributed by atoms with Crippen LogP contribution in [0.2, 0.25) is 0 Å². The third-order valence-electron chi connectivity index (χ3n) is 3.64. The Kier molecular flexibility index (Phi) is 6.79. The van der Waals surface area contributed by atoms with Gasteiger partial charge in [0.05, 0.1) is 13.2 Å². The van der Waals surface area contributed by atoms with Crippen molar-refractivity contribution in [1.82, 2.24) is 4.57 Å². The van der Waals surface area contributed by atoms with Crippen LogP contribution in [-0.2, 0) is 18.2 Å². The molecule has 0 amide bonds. The lowest BCUT2D eigenvalue weighted by molar-refractivity contribution is 0.0662. The van der Waals surface area contributed by atoms with Gasteiger partial charge in [-0.2, -0.15) is 0 Å². The highest BCUT2D eigenvalue weighted by Crippen LogP contribution is 2.19. The number of aliphatic hydroxyl groups excluding tert-OH is 1. The number of aliphatic hydroxyl groups is 1. The van der Waals surface area contributed by atoms with Gasteiger partial charge in [-0.05, 0) is 46.4 Å². The maximum Gasteiger partial charge on any atom is 0.286 e. The largest absolute Gasteiger partial charge is 0.394 e. The van der Waals surface area contributed by atoms with Crippen molar-refractivity contribution in [2.75, 3.05) is 19.8 Å². The van der Waals surface area contributed by atoms with Gasteiger partial charge in [0.25, 0.3) is 5.56 Å². The molecule has 0 aliphatic heterocycles. The number of carbonyl (C=O) groups excluding carboxylic acids is 1. The Bertz CT molecular complexity index is 851. The van der Waals surface area contributed by atoms with Gasteiger partial charge in [-0.25, -0.2) is 8.78 Å². The number of aromatic nitrogens is 1. The summed E-state index contributed by atoms with van der Waals surface area (Å²) in [4.78, 5) is 24.2. The predicted molar refractivity (Wildman–Crippen MR) is 95.8 cm³/mol. The fourth-order valence-electron chi connectivity index (χ4n) is 2.34. The quantitative estimate of drug-likeness (QED) is 0.388. The number of halogens is 3. The molecular formula is C17H16F2INO4. The molecular weight excluding hydrogens is 447 g/mol. The van der Waals surface area contributed by atoms with Crippen LogP contribution in [0.1, 0.15) is 21.6 Å². The minimum Gasteiger partial charge on any atom is -0.394 e.